The lowest BCUT2D eigenvalue weighted by Crippen LogP contribution is -2.11. The molecule has 184 valence electrons. The van der Waals surface area contributed by atoms with Crippen molar-refractivity contribution in [1.82, 2.24) is 0 Å². The van der Waals surface area contributed by atoms with E-state index in [9.17, 15) is 13.2 Å². The summed E-state index contributed by atoms with van der Waals surface area (Å²) in [5, 5.41) is 0.971. The van der Waals surface area contributed by atoms with Gasteiger partial charge < -0.3 is 28.4 Å². The standard InChI is InChI=1S/C24H28O9S/c1-28-19-11-16(12-20(29-2)23(19)32-5)7-8-18(25)15-34(26,27)10-9-17-13-21(30-3)24(33-6)22(14-17)31-4/h7-14H,15H2,1-6H3/b8-7+,10-9+. The van der Waals surface area contributed by atoms with Crippen LogP contribution in [0.4, 0.5) is 0 Å². The third-order valence-electron chi connectivity index (χ3n) is 4.65. The predicted molar refractivity (Wildman–Crippen MR) is 129 cm³/mol. The molecule has 0 fully saturated rings. The highest BCUT2D eigenvalue weighted by Gasteiger charge is 2.15. The van der Waals surface area contributed by atoms with Crippen LogP contribution >= 0.6 is 0 Å². The average molecular weight is 493 g/mol. The number of carbonyl (C=O) groups is 1. The molecule has 9 nitrogen and oxygen atoms in total. The summed E-state index contributed by atoms with van der Waals surface area (Å²) in [6, 6.07) is 6.48. The zero-order valence-corrected chi connectivity index (χ0v) is 20.7. The molecule has 0 unspecified atom stereocenters. The topological polar surface area (TPSA) is 107 Å². The van der Waals surface area contributed by atoms with E-state index in [2.05, 4.69) is 0 Å². The van der Waals surface area contributed by atoms with Gasteiger partial charge in [-0.25, -0.2) is 8.42 Å². The maximum atomic E-state index is 12.5. The van der Waals surface area contributed by atoms with Gasteiger partial charge in [0.2, 0.25) is 11.5 Å². The molecule has 2 aromatic rings. The van der Waals surface area contributed by atoms with Gasteiger partial charge in [0.15, 0.2) is 38.6 Å². The van der Waals surface area contributed by atoms with Crippen LogP contribution in [0.3, 0.4) is 0 Å². The third-order valence-corrected chi connectivity index (χ3v) is 5.88. The monoisotopic (exact) mass is 492 g/mol. The number of hydrogen-bond acceptors (Lipinski definition) is 9. The summed E-state index contributed by atoms with van der Waals surface area (Å²) in [6.45, 7) is 0. The van der Waals surface area contributed by atoms with Gasteiger partial charge in [-0.3, -0.25) is 4.79 Å². The molecule has 0 saturated heterocycles. The Labute approximate surface area is 199 Å². The smallest absolute Gasteiger partial charge is 0.203 e. The van der Waals surface area contributed by atoms with Crippen molar-refractivity contribution in [2.45, 2.75) is 0 Å². The molecule has 0 spiro atoms. The molecule has 34 heavy (non-hydrogen) atoms. The van der Waals surface area contributed by atoms with Gasteiger partial charge in [-0.15, -0.1) is 0 Å². The van der Waals surface area contributed by atoms with E-state index in [1.165, 1.54) is 60.9 Å². The molecule has 0 aliphatic rings. The van der Waals surface area contributed by atoms with Crippen molar-refractivity contribution in [1.29, 1.82) is 0 Å². The molecule has 0 aliphatic carbocycles. The van der Waals surface area contributed by atoms with Crippen LogP contribution in [0.15, 0.2) is 35.7 Å². The third kappa shape index (κ3) is 6.67. The van der Waals surface area contributed by atoms with Gasteiger partial charge in [-0.1, -0.05) is 6.08 Å². The minimum absolute atomic E-state index is 0.378. The first kappa shape index (κ1) is 26.6. The largest absolute Gasteiger partial charge is 0.493 e. The normalized spacial score (nSPS) is 11.5. The Balaban J connectivity index is 2.19. The molecule has 0 atom stereocenters. The van der Waals surface area contributed by atoms with Gasteiger partial charge in [-0.05, 0) is 47.5 Å². The van der Waals surface area contributed by atoms with Crippen LogP contribution < -0.4 is 28.4 Å². The summed E-state index contributed by atoms with van der Waals surface area (Å²) in [5.74, 6) is 1.08. The molecular formula is C24H28O9S. The molecule has 2 aromatic carbocycles. The molecule has 0 aromatic heterocycles. The van der Waals surface area contributed by atoms with Crippen LogP contribution in [0.5, 0.6) is 34.5 Å². The number of rotatable bonds is 12. The molecule has 2 rings (SSSR count). The summed E-state index contributed by atoms with van der Waals surface area (Å²) < 4.78 is 56.5. The van der Waals surface area contributed by atoms with Crippen molar-refractivity contribution in [2.24, 2.45) is 0 Å². The van der Waals surface area contributed by atoms with Crippen LogP contribution in [0.1, 0.15) is 11.1 Å². The van der Waals surface area contributed by atoms with Crippen molar-refractivity contribution >= 4 is 27.8 Å². The van der Waals surface area contributed by atoms with Crippen LogP contribution in [0.2, 0.25) is 0 Å². The van der Waals surface area contributed by atoms with Crippen molar-refractivity contribution < 1.29 is 41.6 Å². The lowest BCUT2D eigenvalue weighted by atomic mass is 10.1. The Morgan fingerprint density at radius 3 is 1.41 bits per heavy atom. The fourth-order valence-corrected chi connectivity index (χ4v) is 4.01. The summed E-state index contributed by atoms with van der Waals surface area (Å²) in [6.07, 6.45) is 4.02. The van der Waals surface area contributed by atoms with Gasteiger partial charge in [0.1, 0.15) is 5.75 Å². The van der Waals surface area contributed by atoms with E-state index in [-0.39, 0.29) is 0 Å². The predicted octanol–water partition coefficient (Wildman–Crippen LogP) is 3.41. The van der Waals surface area contributed by atoms with Crippen LogP contribution in [0.25, 0.3) is 12.2 Å². The Morgan fingerprint density at radius 2 is 1.06 bits per heavy atom. The van der Waals surface area contributed by atoms with E-state index >= 15 is 0 Å². The SMILES string of the molecule is COc1cc(/C=C/C(=O)CS(=O)(=O)/C=C/c2cc(OC)c(OC)c(OC)c2)cc(OC)c1OC. The highest BCUT2D eigenvalue weighted by atomic mass is 32.2. The quantitative estimate of drug-likeness (QED) is 0.412. The number of methoxy groups -OCH3 is 6. The first-order valence-electron chi connectivity index (χ1n) is 9.93. The first-order valence-corrected chi connectivity index (χ1v) is 11.6. The van der Waals surface area contributed by atoms with Gasteiger partial charge in [0, 0.05) is 5.41 Å². The van der Waals surface area contributed by atoms with Gasteiger partial charge in [-0.2, -0.15) is 0 Å². The lowest BCUT2D eigenvalue weighted by molar-refractivity contribution is -0.112. The summed E-state index contributed by atoms with van der Waals surface area (Å²) in [7, 11) is 4.98. The molecular weight excluding hydrogens is 464 g/mol. The number of hydrogen-bond donors (Lipinski definition) is 0. The maximum Gasteiger partial charge on any atom is 0.203 e. The summed E-state index contributed by atoms with van der Waals surface area (Å²) in [5.41, 5.74) is 1.08. The fraction of sp³-hybridized carbons (Fsp3) is 0.292. The van der Waals surface area contributed by atoms with Crippen LogP contribution in [-0.4, -0.2) is 62.6 Å². The second kappa shape index (κ2) is 12.0. The number of ketones is 1. The number of ether oxygens (including phenoxy) is 6. The summed E-state index contributed by atoms with van der Waals surface area (Å²) in [4.78, 5) is 12.3. The summed E-state index contributed by atoms with van der Waals surface area (Å²) >= 11 is 0. The van der Waals surface area contributed by atoms with Crippen molar-refractivity contribution in [3.05, 3.63) is 46.9 Å². The van der Waals surface area contributed by atoms with Crippen molar-refractivity contribution in [3.63, 3.8) is 0 Å². The minimum Gasteiger partial charge on any atom is -0.493 e. The van der Waals surface area contributed by atoms with Crippen molar-refractivity contribution in [2.75, 3.05) is 48.4 Å². The highest BCUT2D eigenvalue weighted by Crippen LogP contribution is 2.39. The first-order chi connectivity index (χ1) is 16.2. The molecule has 0 radical (unpaired) electrons. The fourth-order valence-electron chi connectivity index (χ4n) is 3.06. The van der Waals surface area contributed by atoms with Crippen molar-refractivity contribution in [3.8, 4) is 34.5 Å². The van der Waals surface area contributed by atoms with E-state index < -0.39 is 21.4 Å². The van der Waals surface area contributed by atoms with Crippen LogP contribution in [0, 0.1) is 0 Å². The zero-order chi connectivity index (χ0) is 25.3. The minimum atomic E-state index is -3.84. The Bertz CT molecular complexity index is 1130. The van der Waals surface area contributed by atoms with Gasteiger partial charge >= 0.3 is 0 Å². The maximum absolute atomic E-state index is 12.5. The average Bonchev–Trinajstić information content (AvgIpc) is 2.84. The van der Waals surface area contributed by atoms with Gasteiger partial charge in [0.05, 0.1) is 42.7 Å². The Morgan fingerprint density at radius 1 is 0.676 bits per heavy atom. The highest BCUT2D eigenvalue weighted by molar-refractivity contribution is 7.95. The zero-order valence-electron chi connectivity index (χ0n) is 19.9. The Kier molecular flexibility index (Phi) is 9.37. The second-order valence-electron chi connectivity index (χ2n) is 6.83. The molecule has 0 amide bonds. The number of allylic oxidation sites excluding steroid dienone is 1. The number of benzene rings is 2. The van der Waals surface area contributed by atoms with E-state index in [4.69, 9.17) is 28.4 Å². The van der Waals surface area contributed by atoms with Gasteiger partial charge in [0.25, 0.3) is 0 Å². The molecule has 0 aliphatic heterocycles. The second-order valence-corrected chi connectivity index (χ2v) is 8.71. The van der Waals surface area contributed by atoms with E-state index in [1.54, 1.807) is 24.3 Å². The molecule has 0 bridgehead atoms. The number of carbonyl (C=O) groups excluding carboxylic acids is 1. The van der Waals surface area contributed by atoms with E-state index in [0.717, 1.165) is 5.41 Å². The van der Waals surface area contributed by atoms with Crippen LogP contribution in [-0.2, 0) is 14.6 Å². The molecule has 0 heterocycles. The molecule has 0 saturated carbocycles. The van der Waals surface area contributed by atoms with E-state index in [0.29, 0.717) is 45.6 Å². The van der Waals surface area contributed by atoms with E-state index in [1.807, 2.05) is 0 Å². The molecule has 0 N–H and O–H groups in total. The molecule has 10 heteroatoms. The lowest BCUT2D eigenvalue weighted by Gasteiger charge is -2.12. The Hall–Kier alpha value is -3.66. The number of sulfone groups is 1.